The van der Waals surface area contributed by atoms with Crippen molar-refractivity contribution in [2.45, 2.75) is 63.9 Å². The highest BCUT2D eigenvalue weighted by Crippen LogP contribution is 2.54. The van der Waals surface area contributed by atoms with Crippen LogP contribution in [-0.4, -0.2) is 14.5 Å². The summed E-state index contributed by atoms with van der Waals surface area (Å²) in [6, 6.07) is 2.22. The third kappa shape index (κ3) is 2.63. The van der Waals surface area contributed by atoms with E-state index in [0.29, 0.717) is 11.8 Å². The zero-order valence-electron chi connectivity index (χ0n) is 15.8. The van der Waals surface area contributed by atoms with Crippen LogP contribution in [0.4, 0.5) is 0 Å². The highest BCUT2D eigenvalue weighted by Gasteiger charge is 2.43. The molecule has 3 nitrogen and oxygen atoms in total. The molecule has 4 unspecified atom stereocenters. The summed E-state index contributed by atoms with van der Waals surface area (Å²) in [4.78, 5) is 4.35. The Morgan fingerprint density at radius 1 is 1.31 bits per heavy atom. The molecule has 0 amide bonds. The molecular weight excluding hydrogens is 320 g/mol. The average Bonchev–Trinajstić information content (AvgIpc) is 3.36. The van der Waals surface area contributed by atoms with Crippen molar-refractivity contribution in [1.82, 2.24) is 9.38 Å². The van der Waals surface area contributed by atoms with Gasteiger partial charge in [0.05, 0.1) is 24.1 Å². The lowest BCUT2D eigenvalue weighted by Crippen LogP contribution is -2.37. The highest BCUT2D eigenvalue weighted by atomic mass is 16.3. The van der Waals surface area contributed by atoms with E-state index < -0.39 is 6.10 Å². The largest absolute Gasteiger partial charge is 0.388 e. The Hall–Kier alpha value is -1.61. The van der Waals surface area contributed by atoms with Crippen LogP contribution in [0.5, 0.6) is 0 Å². The van der Waals surface area contributed by atoms with Crippen molar-refractivity contribution in [2.24, 2.45) is 23.7 Å². The van der Waals surface area contributed by atoms with Crippen molar-refractivity contribution < 1.29 is 5.11 Å². The van der Waals surface area contributed by atoms with E-state index in [2.05, 4.69) is 35.2 Å². The Morgan fingerprint density at radius 3 is 2.92 bits per heavy atom. The van der Waals surface area contributed by atoms with E-state index in [1.54, 1.807) is 0 Å². The quantitative estimate of drug-likeness (QED) is 0.763. The molecule has 3 heteroatoms. The van der Waals surface area contributed by atoms with Gasteiger partial charge in [-0.3, -0.25) is 0 Å². The fraction of sp³-hybridized carbons (Fsp3) is 0.609. The maximum Gasteiger partial charge on any atom is 0.0992 e. The van der Waals surface area contributed by atoms with Crippen LogP contribution in [0.15, 0.2) is 36.9 Å². The molecule has 1 N–H and O–H groups in total. The summed E-state index contributed by atoms with van der Waals surface area (Å²) in [6.45, 7) is 6.77. The van der Waals surface area contributed by atoms with E-state index in [9.17, 15) is 5.11 Å². The van der Waals surface area contributed by atoms with Gasteiger partial charge in [-0.05, 0) is 73.8 Å². The van der Waals surface area contributed by atoms with Gasteiger partial charge < -0.3 is 9.51 Å². The summed E-state index contributed by atoms with van der Waals surface area (Å²) in [7, 11) is 0. The second-order valence-corrected chi connectivity index (χ2v) is 9.09. The van der Waals surface area contributed by atoms with Crippen molar-refractivity contribution in [2.75, 3.05) is 0 Å². The maximum absolute atomic E-state index is 11.7. The smallest absolute Gasteiger partial charge is 0.0992 e. The van der Waals surface area contributed by atoms with Crippen molar-refractivity contribution in [3.63, 3.8) is 0 Å². The Morgan fingerprint density at radius 2 is 2.15 bits per heavy atom. The lowest BCUT2D eigenvalue weighted by atomic mass is 9.59. The van der Waals surface area contributed by atoms with Crippen molar-refractivity contribution in [1.29, 1.82) is 0 Å². The first kappa shape index (κ1) is 16.6. The third-order valence-electron chi connectivity index (χ3n) is 7.37. The molecule has 3 aliphatic rings. The van der Waals surface area contributed by atoms with Crippen LogP contribution in [0, 0.1) is 23.7 Å². The summed E-state index contributed by atoms with van der Waals surface area (Å²) in [5.74, 6) is 3.04. The van der Waals surface area contributed by atoms with Gasteiger partial charge in [-0.1, -0.05) is 25.5 Å². The van der Waals surface area contributed by atoms with Gasteiger partial charge in [0, 0.05) is 17.7 Å². The van der Waals surface area contributed by atoms with Crippen molar-refractivity contribution in [3.05, 3.63) is 48.1 Å². The first-order valence-corrected chi connectivity index (χ1v) is 10.5. The second-order valence-electron chi connectivity index (χ2n) is 9.09. The third-order valence-corrected chi connectivity index (χ3v) is 7.37. The van der Waals surface area contributed by atoms with Gasteiger partial charge in [-0.15, -0.1) is 0 Å². The molecule has 2 aromatic heterocycles. The number of hydrogen-bond acceptors (Lipinski definition) is 2. The molecule has 3 aliphatic carbocycles. The molecule has 0 aromatic carbocycles. The fourth-order valence-corrected chi connectivity index (χ4v) is 6.01. The fourth-order valence-electron chi connectivity index (χ4n) is 6.01. The molecule has 2 bridgehead atoms. The van der Waals surface area contributed by atoms with Crippen molar-refractivity contribution in [3.8, 4) is 0 Å². The van der Waals surface area contributed by atoms with Crippen LogP contribution in [0.3, 0.4) is 0 Å². The molecule has 0 radical (unpaired) electrons. The van der Waals surface area contributed by atoms with E-state index in [4.69, 9.17) is 0 Å². The average molecular weight is 351 g/mol. The molecule has 138 valence electrons. The lowest BCUT2D eigenvalue weighted by molar-refractivity contribution is 0.0297. The van der Waals surface area contributed by atoms with Crippen LogP contribution in [0.2, 0.25) is 0 Å². The number of fused-ring (bicyclic) bond motifs is 3. The molecule has 5 rings (SSSR count). The van der Waals surface area contributed by atoms with Gasteiger partial charge in [0.1, 0.15) is 0 Å². The molecular formula is C23H30N2O. The number of hydrogen-bond donors (Lipinski definition) is 1. The predicted molar refractivity (Wildman–Crippen MR) is 104 cm³/mol. The Labute approximate surface area is 156 Å². The topological polar surface area (TPSA) is 37.5 Å². The van der Waals surface area contributed by atoms with E-state index in [1.165, 1.54) is 49.7 Å². The summed E-state index contributed by atoms with van der Waals surface area (Å²) < 4.78 is 2.06. The van der Waals surface area contributed by atoms with E-state index in [-0.39, 0.29) is 5.92 Å². The zero-order chi connectivity index (χ0) is 17.8. The van der Waals surface area contributed by atoms with E-state index >= 15 is 0 Å². The number of nitrogens with zero attached hydrogens (tertiary/aromatic N) is 2. The number of aliphatic hydroxyl groups excluding tert-OH is 1. The number of imidazole rings is 1. The number of aliphatic hydroxyl groups is 1. The normalized spacial score (nSPS) is 32.8. The van der Waals surface area contributed by atoms with Crippen molar-refractivity contribution >= 4 is 5.52 Å². The SMILES string of the molecule is C=C1C[C@@H]2CC(CC)CC(C2)C1C(O)c1c(C2CC2)ccn2cncc12. The minimum atomic E-state index is -0.444. The standard InChI is InChI=1S/C23H30N2O/c1-3-15-9-16-8-14(2)21(18(10-15)11-16)23(26)22-19(17-4-5-17)6-7-25-13-24-12-20(22)25/h6-7,12-13,15-18,21,23,26H,2-5,8-11H2,1H3/t15?,16-,18?,21?,23?/m1/s1. The molecule has 0 saturated heterocycles. The Kier molecular flexibility index (Phi) is 3.97. The summed E-state index contributed by atoms with van der Waals surface area (Å²) >= 11 is 0. The van der Waals surface area contributed by atoms with Gasteiger partial charge in [0.15, 0.2) is 0 Å². The van der Waals surface area contributed by atoms with Gasteiger partial charge in [0.2, 0.25) is 0 Å². The molecule has 2 aromatic rings. The Balaban J connectivity index is 1.56. The number of aromatic nitrogens is 2. The maximum atomic E-state index is 11.7. The number of rotatable bonds is 4. The van der Waals surface area contributed by atoms with Crippen LogP contribution in [0.25, 0.3) is 5.52 Å². The van der Waals surface area contributed by atoms with Gasteiger partial charge in [-0.2, -0.15) is 0 Å². The zero-order valence-corrected chi connectivity index (χ0v) is 15.8. The minimum Gasteiger partial charge on any atom is -0.388 e. The molecule has 3 saturated carbocycles. The molecule has 5 atom stereocenters. The summed E-state index contributed by atoms with van der Waals surface area (Å²) in [5, 5.41) is 11.7. The predicted octanol–water partition coefficient (Wildman–Crippen LogP) is 5.26. The minimum absolute atomic E-state index is 0.208. The molecule has 0 spiro atoms. The first-order chi connectivity index (χ1) is 12.7. The summed E-state index contributed by atoms with van der Waals surface area (Å²) in [6.07, 6.45) is 14.2. The molecule has 26 heavy (non-hydrogen) atoms. The van der Waals surface area contributed by atoms with E-state index in [0.717, 1.165) is 29.3 Å². The second kappa shape index (κ2) is 6.23. The van der Waals surface area contributed by atoms with Gasteiger partial charge in [0.25, 0.3) is 0 Å². The Bertz CT molecular complexity index is 834. The highest BCUT2D eigenvalue weighted by molar-refractivity contribution is 5.59. The molecule has 3 fully saturated rings. The lowest BCUT2D eigenvalue weighted by Gasteiger charge is -2.46. The monoisotopic (exact) mass is 350 g/mol. The first-order valence-electron chi connectivity index (χ1n) is 10.5. The van der Waals surface area contributed by atoms with Crippen LogP contribution in [0.1, 0.15) is 75.0 Å². The van der Waals surface area contributed by atoms with Crippen LogP contribution >= 0.6 is 0 Å². The molecule has 2 heterocycles. The number of pyridine rings is 1. The van der Waals surface area contributed by atoms with Crippen LogP contribution < -0.4 is 0 Å². The van der Waals surface area contributed by atoms with Gasteiger partial charge >= 0.3 is 0 Å². The van der Waals surface area contributed by atoms with E-state index in [1.807, 2.05) is 12.5 Å². The summed E-state index contributed by atoms with van der Waals surface area (Å²) in [5.41, 5.74) is 4.86. The van der Waals surface area contributed by atoms with Gasteiger partial charge in [-0.25, -0.2) is 4.98 Å². The van der Waals surface area contributed by atoms with Crippen LogP contribution in [-0.2, 0) is 0 Å². The molecule has 0 aliphatic heterocycles.